The minimum absolute atomic E-state index is 0.0891. The standard InChI is InChI=1S/C21H27NO2/c1-16(15-17-9-4-2-5-10-17)22-19-13-8-14-20(21(19)23)24-18-11-6-3-7-12-18/h2-7,9-12,16,19-23H,8,13-15H2,1H3. The molecule has 1 aliphatic carbocycles. The van der Waals surface area contributed by atoms with Gasteiger partial charge in [-0.05, 0) is 50.3 Å². The van der Waals surface area contributed by atoms with Crippen LogP contribution in [0.4, 0.5) is 0 Å². The van der Waals surface area contributed by atoms with Gasteiger partial charge in [-0.25, -0.2) is 0 Å². The van der Waals surface area contributed by atoms with Gasteiger partial charge in [-0.1, -0.05) is 48.5 Å². The van der Waals surface area contributed by atoms with E-state index in [2.05, 4.69) is 36.5 Å². The molecule has 4 atom stereocenters. The second-order valence-corrected chi connectivity index (χ2v) is 6.75. The first kappa shape index (κ1) is 17.0. The number of aliphatic hydroxyl groups is 1. The van der Waals surface area contributed by atoms with E-state index in [1.54, 1.807) is 0 Å². The van der Waals surface area contributed by atoms with Crippen molar-refractivity contribution in [2.45, 2.75) is 56.9 Å². The second kappa shape index (κ2) is 8.32. The molecule has 3 rings (SSSR count). The van der Waals surface area contributed by atoms with Gasteiger partial charge in [0.05, 0.1) is 0 Å². The van der Waals surface area contributed by atoms with Crippen molar-refractivity contribution >= 4 is 0 Å². The molecule has 3 nitrogen and oxygen atoms in total. The lowest BCUT2D eigenvalue weighted by Gasteiger charge is -2.37. The SMILES string of the molecule is CC(Cc1ccccc1)NC1CCCC(Oc2ccccc2)C1O. The third-order valence-corrected chi connectivity index (χ3v) is 4.71. The number of aliphatic hydroxyl groups excluding tert-OH is 1. The third-order valence-electron chi connectivity index (χ3n) is 4.71. The van der Waals surface area contributed by atoms with E-state index in [0.29, 0.717) is 6.04 Å². The van der Waals surface area contributed by atoms with Gasteiger partial charge in [-0.2, -0.15) is 0 Å². The molecule has 3 heteroatoms. The Kier molecular flexibility index (Phi) is 5.89. The number of para-hydroxylation sites is 1. The number of hydrogen-bond acceptors (Lipinski definition) is 3. The van der Waals surface area contributed by atoms with Gasteiger partial charge >= 0.3 is 0 Å². The zero-order valence-electron chi connectivity index (χ0n) is 14.3. The van der Waals surface area contributed by atoms with Gasteiger partial charge in [0.2, 0.25) is 0 Å². The average Bonchev–Trinajstić information content (AvgIpc) is 2.60. The highest BCUT2D eigenvalue weighted by molar-refractivity contribution is 5.21. The Morgan fingerprint density at radius 3 is 2.42 bits per heavy atom. The van der Waals surface area contributed by atoms with E-state index in [1.165, 1.54) is 5.56 Å². The van der Waals surface area contributed by atoms with Crippen LogP contribution in [0, 0.1) is 0 Å². The van der Waals surface area contributed by atoms with E-state index >= 15 is 0 Å². The summed E-state index contributed by atoms with van der Waals surface area (Å²) in [6, 6.07) is 20.7. The summed E-state index contributed by atoms with van der Waals surface area (Å²) in [6.45, 7) is 2.18. The highest BCUT2D eigenvalue weighted by atomic mass is 16.5. The number of hydrogen-bond donors (Lipinski definition) is 2. The van der Waals surface area contributed by atoms with Crippen molar-refractivity contribution in [3.8, 4) is 5.75 Å². The van der Waals surface area contributed by atoms with Gasteiger partial charge in [-0.15, -0.1) is 0 Å². The maximum absolute atomic E-state index is 10.7. The number of rotatable bonds is 6. The van der Waals surface area contributed by atoms with Crippen LogP contribution in [-0.2, 0) is 6.42 Å². The quantitative estimate of drug-likeness (QED) is 0.853. The van der Waals surface area contributed by atoms with Crippen molar-refractivity contribution in [3.63, 3.8) is 0 Å². The van der Waals surface area contributed by atoms with Crippen LogP contribution in [0.1, 0.15) is 31.7 Å². The summed E-state index contributed by atoms with van der Waals surface area (Å²) >= 11 is 0. The zero-order chi connectivity index (χ0) is 16.8. The molecule has 2 N–H and O–H groups in total. The minimum Gasteiger partial charge on any atom is -0.488 e. The maximum Gasteiger partial charge on any atom is 0.126 e. The minimum atomic E-state index is -0.475. The van der Waals surface area contributed by atoms with Crippen LogP contribution < -0.4 is 10.1 Å². The van der Waals surface area contributed by atoms with Crippen LogP contribution in [0.5, 0.6) is 5.75 Å². The van der Waals surface area contributed by atoms with Gasteiger partial charge in [0.1, 0.15) is 18.0 Å². The number of benzene rings is 2. The van der Waals surface area contributed by atoms with E-state index in [-0.39, 0.29) is 12.1 Å². The van der Waals surface area contributed by atoms with Crippen LogP contribution in [0.15, 0.2) is 60.7 Å². The van der Waals surface area contributed by atoms with Crippen LogP contribution in [-0.4, -0.2) is 29.4 Å². The first-order chi connectivity index (χ1) is 11.7. The smallest absolute Gasteiger partial charge is 0.126 e. The van der Waals surface area contributed by atoms with Crippen LogP contribution >= 0.6 is 0 Å². The topological polar surface area (TPSA) is 41.5 Å². The summed E-state index contributed by atoms with van der Waals surface area (Å²) in [7, 11) is 0. The predicted molar refractivity (Wildman–Crippen MR) is 97.2 cm³/mol. The van der Waals surface area contributed by atoms with Crippen molar-refractivity contribution in [1.29, 1.82) is 0 Å². The van der Waals surface area contributed by atoms with E-state index in [4.69, 9.17) is 4.74 Å². The normalized spacial score (nSPS) is 25.2. The summed E-state index contributed by atoms with van der Waals surface area (Å²) in [5, 5.41) is 14.3. The molecule has 1 aliphatic rings. The maximum atomic E-state index is 10.7. The van der Waals surface area contributed by atoms with Gasteiger partial charge in [0.25, 0.3) is 0 Å². The lowest BCUT2D eigenvalue weighted by atomic mass is 9.89. The molecule has 0 heterocycles. The Morgan fingerprint density at radius 2 is 1.71 bits per heavy atom. The van der Waals surface area contributed by atoms with Crippen molar-refractivity contribution < 1.29 is 9.84 Å². The average molecular weight is 325 g/mol. The van der Waals surface area contributed by atoms with Crippen molar-refractivity contribution in [1.82, 2.24) is 5.32 Å². The van der Waals surface area contributed by atoms with Gasteiger partial charge in [0.15, 0.2) is 0 Å². The summed E-state index contributed by atoms with van der Waals surface area (Å²) in [5.74, 6) is 0.833. The van der Waals surface area contributed by atoms with E-state index in [9.17, 15) is 5.11 Å². The Labute approximate surface area is 144 Å². The summed E-state index contributed by atoms with van der Waals surface area (Å²) in [4.78, 5) is 0. The molecule has 0 aliphatic heterocycles. The van der Waals surface area contributed by atoms with E-state index in [1.807, 2.05) is 36.4 Å². The lowest BCUT2D eigenvalue weighted by Crippen LogP contribution is -2.53. The Bertz CT molecular complexity index is 602. The first-order valence-corrected chi connectivity index (χ1v) is 8.92. The molecule has 4 unspecified atom stereocenters. The van der Waals surface area contributed by atoms with Crippen molar-refractivity contribution in [3.05, 3.63) is 66.2 Å². The van der Waals surface area contributed by atoms with E-state index < -0.39 is 6.10 Å². The lowest BCUT2D eigenvalue weighted by molar-refractivity contribution is -0.0176. The molecule has 0 spiro atoms. The zero-order valence-corrected chi connectivity index (χ0v) is 14.3. The molecule has 128 valence electrons. The molecule has 24 heavy (non-hydrogen) atoms. The van der Waals surface area contributed by atoms with Gasteiger partial charge < -0.3 is 15.2 Å². The highest BCUT2D eigenvalue weighted by Crippen LogP contribution is 2.25. The van der Waals surface area contributed by atoms with Crippen molar-refractivity contribution in [2.24, 2.45) is 0 Å². The monoisotopic (exact) mass is 325 g/mol. The Hall–Kier alpha value is -1.84. The summed E-state index contributed by atoms with van der Waals surface area (Å²) in [5.41, 5.74) is 1.32. The van der Waals surface area contributed by atoms with E-state index in [0.717, 1.165) is 31.4 Å². The van der Waals surface area contributed by atoms with Crippen LogP contribution in [0.25, 0.3) is 0 Å². The van der Waals surface area contributed by atoms with Gasteiger partial charge in [-0.3, -0.25) is 0 Å². The molecular weight excluding hydrogens is 298 g/mol. The fourth-order valence-electron chi connectivity index (χ4n) is 3.52. The molecule has 0 bridgehead atoms. The highest BCUT2D eigenvalue weighted by Gasteiger charge is 2.33. The molecule has 0 saturated heterocycles. The predicted octanol–water partition coefficient (Wildman–Crippen LogP) is 3.57. The molecule has 1 saturated carbocycles. The molecule has 1 fully saturated rings. The first-order valence-electron chi connectivity index (χ1n) is 8.92. The van der Waals surface area contributed by atoms with Crippen molar-refractivity contribution in [2.75, 3.05) is 0 Å². The van der Waals surface area contributed by atoms with Crippen LogP contribution in [0.2, 0.25) is 0 Å². The molecule has 0 amide bonds. The third kappa shape index (κ3) is 4.59. The number of nitrogens with one attached hydrogen (secondary N) is 1. The largest absolute Gasteiger partial charge is 0.488 e. The molecular formula is C21H27NO2. The summed E-state index contributed by atoms with van der Waals surface area (Å²) < 4.78 is 6.01. The fourth-order valence-corrected chi connectivity index (χ4v) is 3.52. The molecule has 2 aromatic rings. The Morgan fingerprint density at radius 1 is 1.04 bits per heavy atom. The molecule has 0 radical (unpaired) electrons. The number of ether oxygens (including phenoxy) is 1. The summed E-state index contributed by atoms with van der Waals surface area (Å²) in [6.07, 6.45) is 3.33. The molecule has 0 aromatic heterocycles. The molecule has 2 aromatic carbocycles. The van der Waals surface area contributed by atoms with Gasteiger partial charge in [0, 0.05) is 12.1 Å². The van der Waals surface area contributed by atoms with Crippen LogP contribution in [0.3, 0.4) is 0 Å². The fraction of sp³-hybridized carbons (Fsp3) is 0.429. The second-order valence-electron chi connectivity index (χ2n) is 6.75. The Balaban J connectivity index is 1.55.